The summed E-state index contributed by atoms with van der Waals surface area (Å²) in [6, 6.07) is 1.94. The molecule has 0 aromatic carbocycles. The lowest BCUT2D eigenvalue weighted by Gasteiger charge is -2.15. The summed E-state index contributed by atoms with van der Waals surface area (Å²) >= 11 is 1.54. The normalized spacial score (nSPS) is 12.4. The summed E-state index contributed by atoms with van der Waals surface area (Å²) in [6.45, 7) is 7.02. The quantitative estimate of drug-likeness (QED) is 0.799. The van der Waals surface area contributed by atoms with E-state index in [1.54, 1.807) is 0 Å². The Balaban J connectivity index is 2.48. The Kier molecular flexibility index (Phi) is 6.36. The molecule has 102 valence electrons. The van der Waals surface area contributed by atoms with Gasteiger partial charge in [0.1, 0.15) is 0 Å². The van der Waals surface area contributed by atoms with Crippen molar-refractivity contribution >= 4 is 17.2 Å². The largest absolute Gasteiger partial charge is 0.396 e. The lowest BCUT2D eigenvalue weighted by atomic mass is 10.0. The summed E-state index contributed by atoms with van der Waals surface area (Å²) in [5, 5.41) is 11.9. The van der Waals surface area contributed by atoms with Crippen molar-refractivity contribution < 1.29 is 9.90 Å². The molecule has 4 heteroatoms. The first-order valence-corrected chi connectivity index (χ1v) is 7.36. The van der Waals surface area contributed by atoms with Crippen molar-refractivity contribution in [1.29, 1.82) is 0 Å². The SMILES string of the molecule is CCCC(CCO)CNC(=O)c1cc(C)c(C)s1. The smallest absolute Gasteiger partial charge is 0.261 e. The summed E-state index contributed by atoms with van der Waals surface area (Å²) in [6.07, 6.45) is 2.89. The van der Waals surface area contributed by atoms with E-state index < -0.39 is 0 Å². The molecule has 1 atom stereocenters. The molecule has 1 amide bonds. The summed E-state index contributed by atoms with van der Waals surface area (Å²) < 4.78 is 0. The van der Waals surface area contributed by atoms with Crippen LogP contribution in [0.4, 0.5) is 0 Å². The number of carbonyl (C=O) groups is 1. The third-order valence-corrected chi connectivity index (χ3v) is 4.33. The van der Waals surface area contributed by atoms with Crippen molar-refractivity contribution in [3.63, 3.8) is 0 Å². The fourth-order valence-electron chi connectivity index (χ4n) is 1.95. The lowest BCUT2D eigenvalue weighted by molar-refractivity contribution is 0.0947. The summed E-state index contributed by atoms with van der Waals surface area (Å²) in [4.78, 5) is 13.9. The number of aliphatic hydroxyl groups is 1. The molecule has 0 spiro atoms. The van der Waals surface area contributed by atoms with Crippen LogP contribution in [0.1, 0.15) is 46.3 Å². The van der Waals surface area contributed by atoms with Crippen molar-refractivity contribution in [1.82, 2.24) is 5.32 Å². The van der Waals surface area contributed by atoms with Crippen LogP contribution in [0.25, 0.3) is 0 Å². The zero-order valence-electron chi connectivity index (χ0n) is 11.5. The minimum atomic E-state index is 0.00948. The average molecular weight is 269 g/mol. The Bertz CT molecular complexity index is 362. The van der Waals surface area contributed by atoms with Crippen LogP contribution in [0.5, 0.6) is 0 Å². The van der Waals surface area contributed by atoms with E-state index >= 15 is 0 Å². The number of amides is 1. The Morgan fingerprint density at radius 2 is 2.17 bits per heavy atom. The van der Waals surface area contributed by atoms with Crippen molar-refractivity contribution in [2.45, 2.75) is 40.0 Å². The second-order valence-corrected chi connectivity index (χ2v) is 5.98. The fraction of sp³-hybridized carbons (Fsp3) is 0.643. The molecule has 0 saturated heterocycles. The summed E-state index contributed by atoms with van der Waals surface area (Å²) in [5.41, 5.74) is 1.17. The molecule has 1 aromatic rings. The topological polar surface area (TPSA) is 49.3 Å². The van der Waals surface area contributed by atoms with Gasteiger partial charge in [0.15, 0.2) is 0 Å². The molecular formula is C14H23NO2S. The molecule has 1 rings (SSSR count). The molecule has 2 N–H and O–H groups in total. The van der Waals surface area contributed by atoms with Gasteiger partial charge in [-0.3, -0.25) is 4.79 Å². The van der Waals surface area contributed by atoms with Crippen LogP contribution in [0, 0.1) is 19.8 Å². The van der Waals surface area contributed by atoms with E-state index in [9.17, 15) is 4.79 Å². The van der Waals surface area contributed by atoms with Gasteiger partial charge in [0.2, 0.25) is 0 Å². The highest BCUT2D eigenvalue weighted by Gasteiger charge is 2.13. The van der Waals surface area contributed by atoms with Gasteiger partial charge in [-0.05, 0) is 44.2 Å². The Labute approximate surface area is 113 Å². The molecule has 18 heavy (non-hydrogen) atoms. The van der Waals surface area contributed by atoms with Crippen LogP contribution in [0.3, 0.4) is 0 Å². The first-order valence-electron chi connectivity index (χ1n) is 6.54. The number of aliphatic hydroxyl groups excluding tert-OH is 1. The molecule has 1 unspecified atom stereocenters. The van der Waals surface area contributed by atoms with E-state index in [1.165, 1.54) is 21.8 Å². The lowest BCUT2D eigenvalue weighted by Crippen LogP contribution is -2.29. The molecule has 1 aromatic heterocycles. The molecule has 0 fully saturated rings. The second-order valence-electron chi connectivity index (χ2n) is 4.73. The Hall–Kier alpha value is -0.870. The van der Waals surface area contributed by atoms with Crippen LogP contribution in [-0.2, 0) is 0 Å². The third-order valence-electron chi connectivity index (χ3n) is 3.18. The van der Waals surface area contributed by atoms with Gasteiger partial charge < -0.3 is 10.4 Å². The predicted molar refractivity (Wildman–Crippen MR) is 76.2 cm³/mol. The minimum Gasteiger partial charge on any atom is -0.396 e. The zero-order valence-corrected chi connectivity index (χ0v) is 12.3. The van der Waals surface area contributed by atoms with Gasteiger partial charge >= 0.3 is 0 Å². The summed E-state index contributed by atoms with van der Waals surface area (Å²) in [7, 11) is 0. The Morgan fingerprint density at radius 1 is 1.44 bits per heavy atom. The number of carbonyl (C=O) groups excluding carboxylic acids is 1. The second kappa shape index (κ2) is 7.54. The molecular weight excluding hydrogens is 246 g/mol. The van der Waals surface area contributed by atoms with Crippen LogP contribution in [0.2, 0.25) is 0 Å². The monoisotopic (exact) mass is 269 g/mol. The first kappa shape index (κ1) is 15.2. The van der Waals surface area contributed by atoms with Crippen LogP contribution < -0.4 is 5.32 Å². The highest BCUT2D eigenvalue weighted by atomic mass is 32.1. The van der Waals surface area contributed by atoms with Gasteiger partial charge in [-0.2, -0.15) is 0 Å². The average Bonchev–Trinajstić information content (AvgIpc) is 2.67. The molecule has 1 heterocycles. The van der Waals surface area contributed by atoms with Gasteiger partial charge in [-0.1, -0.05) is 13.3 Å². The van der Waals surface area contributed by atoms with E-state index in [1.807, 2.05) is 19.9 Å². The number of hydrogen-bond acceptors (Lipinski definition) is 3. The maximum atomic E-state index is 12.0. The van der Waals surface area contributed by atoms with Gasteiger partial charge in [0.05, 0.1) is 4.88 Å². The number of aryl methyl sites for hydroxylation is 2. The van der Waals surface area contributed by atoms with E-state index in [0.29, 0.717) is 12.5 Å². The summed E-state index contributed by atoms with van der Waals surface area (Å²) in [5.74, 6) is 0.390. The van der Waals surface area contributed by atoms with Crippen LogP contribution in [-0.4, -0.2) is 24.2 Å². The first-order chi connectivity index (χ1) is 8.58. The van der Waals surface area contributed by atoms with Crippen molar-refractivity contribution in [2.24, 2.45) is 5.92 Å². The van der Waals surface area contributed by atoms with E-state index in [4.69, 9.17) is 5.11 Å². The maximum absolute atomic E-state index is 12.0. The zero-order chi connectivity index (χ0) is 13.5. The van der Waals surface area contributed by atoms with Gasteiger partial charge in [-0.15, -0.1) is 11.3 Å². The van der Waals surface area contributed by atoms with Gasteiger partial charge in [0.25, 0.3) is 5.91 Å². The molecule has 0 aliphatic heterocycles. The third kappa shape index (κ3) is 4.42. The van der Waals surface area contributed by atoms with Crippen molar-refractivity contribution in [3.8, 4) is 0 Å². The molecule has 0 radical (unpaired) electrons. The minimum absolute atomic E-state index is 0.00948. The Morgan fingerprint density at radius 3 is 2.67 bits per heavy atom. The van der Waals surface area contributed by atoms with Crippen molar-refractivity contribution in [2.75, 3.05) is 13.2 Å². The van der Waals surface area contributed by atoms with Crippen molar-refractivity contribution in [3.05, 3.63) is 21.4 Å². The molecule has 0 bridgehead atoms. The van der Waals surface area contributed by atoms with E-state index in [2.05, 4.69) is 12.2 Å². The van der Waals surface area contributed by atoms with E-state index in [-0.39, 0.29) is 12.5 Å². The van der Waals surface area contributed by atoms with Crippen LogP contribution in [0.15, 0.2) is 6.07 Å². The highest BCUT2D eigenvalue weighted by molar-refractivity contribution is 7.14. The number of rotatable bonds is 7. The molecule has 0 saturated carbocycles. The number of thiophene rings is 1. The predicted octanol–water partition coefficient (Wildman–Crippen LogP) is 2.89. The molecule has 3 nitrogen and oxygen atoms in total. The molecule has 0 aliphatic rings. The van der Waals surface area contributed by atoms with Gasteiger partial charge in [0, 0.05) is 18.0 Å². The standard InChI is InChI=1S/C14H23NO2S/c1-4-5-12(6-7-16)9-15-14(17)13-8-10(2)11(3)18-13/h8,12,16H,4-7,9H2,1-3H3,(H,15,17). The van der Waals surface area contributed by atoms with Crippen LogP contribution >= 0.6 is 11.3 Å². The molecule has 0 aliphatic carbocycles. The number of nitrogens with one attached hydrogen (secondary N) is 1. The highest BCUT2D eigenvalue weighted by Crippen LogP contribution is 2.20. The van der Waals surface area contributed by atoms with Gasteiger partial charge in [-0.25, -0.2) is 0 Å². The van der Waals surface area contributed by atoms with E-state index in [0.717, 1.165) is 24.1 Å². The number of hydrogen-bond donors (Lipinski definition) is 2. The fourth-order valence-corrected chi connectivity index (χ4v) is 2.90. The maximum Gasteiger partial charge on any atom is 0.261 e.